The topological polar surface area (TPSA) is 443 Å². The van der Waals surface area contributed by atoms with Crippen molar-refractivity contribution in [3.8, 4) is 5.75 Å². The van der Waals surface area contributed by atoms with Gasteiger partial charge in [0.1, 0.15) is 53.9 Å². The lowest BCUT2D eigenvalue weighted by Gasteiger charge is -2.32. The average molecular weight is 1180 g/mol. The van der Waals surface area contributed by atoms with Crippen molar-refractivity contribution in [2.45, 2.75) is 153 Å². The average Bonchev–Trinajstić information content (AvgIpc) is 4.06. The van der Waals surface area contributed by atoms with Crippen molar-refractivity contribution in [2.24, 2.45) is 17.6 Å². The summed E-state index contributed by atoms with van der Waals surface area (Å²) < 4.78 is 24.1. The first kappa shape index (κ1) is 67.1. The van der Waals surface area contributed by atoms with Crippen LogP contribution in [0.1, 0.15) is 99.0 Å². The number of nitrogens with one attached hydrogen (secondary N) is 10. The molecule has 15 N–H and O–H groups in total. The molecule has 2 aliphatic rings. The van der Waals surface area contributed by atoms with Crippen LogP contribution in [0.2, 0.25) is 0 Å². The van der Waals surface area contributed by atoms with Gasteiger partial charge in [0.15, 0.2) is 0 Å². The number of carbonyl (C=O) groups excluding carboxylic acids is 11. The summed E-state index contributed by atoms with van der Waals surface area (Å²) in [4.78, 5) is 152. The molecule has 2 aliphatic heterocycles. The number of H-pyrrole nitrogens is 1. The Balaban J connectivity index is 1.70. The smallest absolute Gasteiger partial charge is 0.407 e. The second-order valence-corrected chi connectivity index (χ2v) is 22.8. The summed E-state index contributed by atoms with van der Waals surface area (Å²) in [5.41, 5.74) is 5.35. The third kappa shape index (κ3) is 20.8. The zero-order valence-electron chi connectivity index (χ0n) is 47.2. The van der Waals surface area contributed by atoms with E-state index in [-0.39, 0.29) is 28.6 Å². The van der Waals surface area contributed by atoms with Gasteiger partial charge >= 0.3 is 12.2 Å². The highest BCUT2D eigenvalue weighted by Gasteiger charge is 2.44. The monoisotopic (exact) mass is 1180 g/mol. The lowest BCUT2D eigenvalue weighted by molar-refractivity contribution is -0.143. The van der Waals surface area contributed by atoms with Gasteiger partial charge in [0.05, 0.1) is 43.8 Å². The number of aliphatic hydroxyl groups is 2. The summed E-state index contributed by atoms with van der Waals surface area (Å²) in [5.74, 6) is -11.1. The third-order valence-corrected chi connectivity index (χ3v) is 14.9. The predicted molar refractivity (Wildman–Crippen MR) is 294 cm³/mol. The van der Waals surface area contributed by atoms with E-state index in [0.717, 1.165) is 4.90 Å². The molecule has 2 fully saturated rings. The highest BCUT2D eigenvalue weighted by Crippen LogP contribution is 2.31. The molecule has 1 aromatic carbocycles. The Labute approximate surface area is 477 Å². The fourth-order valence-corrected chi connectivity index (χ4v) is 9.87. The number of ether oxygens (including phenoxy) is 2. The minimum atomic E-state index is -1.89. The van der Waals surface area contributed by atoms with E-state index in [1.54, 1.807) is 41.5 Å². The quantitative estimate of drug-likeness (QED) is 0.0512. The zero-order valence-corrected chi connectivity index (χ0v) is 48.0. The van der Waals surface area contributed by atoms with Crippen LogP contribution in [0, 0.1) is 11.8 Å². The third-order valence-electron chi connectivity index (χ3n) is 13.5. The highest BCUT2D eigenvalue weighted by molar-refractivity contribution is 7.91. The summed E-state index contributed by atoms with van der Waals surface area (Å²) in [7, 11) is 0. The zero-order chi connectivity index (χ0) is 61.0. The van der Waals surface area contributed by atoms with Crippen molar-refractivity contribution in [1.29, 1.82) is 0 Å². The number of rotatable bonds is 19. The number of carbonyl (C=O) groups is 11. The van der Waals surface area contributed by atoms with Crippen LogP contribution < -0.4 is 53.6 Å². The minimum Gasteiger partial charge on any atom is -0.610 e. The number of alkyl carbamates (subject to hydrolysis) is 2. The Hall–Kier alpha value is -7.44. The number of aromatic amines is 1. The highest BCUT2D eigenvalue weighted by atomic mass is 32.2. The van der Waals surface area contributed by atoms with E-state index in [9.17, 15) is 72.6 Å². The summed E-state index contributed by atoms with van der Waals surface area (Å²) in [6.45, 7) is 8.55. The van der Waals surface area contributed by atoms with E-state index in [1.807, 2.05) is 0 Å². The van der Waals surface area contributed by atoms with Gasteiger partial charge in [0.25, 0.3) is 0 Å². The van der Waals surface area contributed by atoms with Gasteiger partial charge in [0, 0.05) is 66.6 Å². The number of hydrogen-bond acceptors (Lipinski definition) is 17. The van der Waals surface area contributed by atoms with Crippen molar-refractivity contribution >= 4 is 87.4 Å². The number of unbranched alkanes of at least 4 members (excludes halogenated alkanes) is 3. The number of amides is 11. The van der Waals surface area contributed by atoms with Crippen molar-refractivity contribution < 1.29 is 82.1 Å². The molecule has 0 bridgehead atoms. The first-order valence-corrected chi connectivity index (χ1v) is 28.5. The minimum absolute atomic E-state index is 0.0794. The number of fused-ring (bicyclic) bond motifs is 2. The Morgan fingerprint density at radius 1 is 0.805 bits per heavy atom. The Kier molecular flexibility index (Phi) is 25.9. The van der Waals surface area contributed by atoms with Crippen LogP contribution in [0.5, 0.6) is 5.75 Å². The van der Waals surface area contributed by atoms with E-state index in [0.29, 0.717) is 49.6 Å². The number of phenolic OH excluding ortho intramolecular Hbond substituents is 1. The van der Waals surface area contributed by atoms with E-state index in [1.165, 1.54) is 25.1 Å². The molecule has 2 aromatic rings. The molecular formula is C52H80N12O17S. The van der Waals surface area contributed by atoms with Crippen LogP contribution in [0.4, 0.5) is 9.59 Å². The lowest BCUT2D eigenvalue weighted by Crippen LogP contribution is -2.61. The maximum atomic E-state index is 14.9. The number of aliphatic hydroxyl groups excluding tert-OH is 2. The second-order valence-electron chi connectivity index (χ2n) is 21.2. The number of phenols is 1. The molecule has 11 amide bonds. The van der Waals surface area contributed by atoms with Crippen molar-refractivity contribution in [3.63, 3.8) is 0 Å². The number of benzene rings is 1. The standard InChI is InChI=1S/C52H80N12O17S/c1-8-27(3)42-46(74)58-22-39(69)56-23-40(70)59-35(21-38(53)68)49(76)64-25-30(66)19-36(64)45(73)63-43(28(4)37(67)26-80-50(77)54-16-12-10-11-13-17-55-51(78)81-52(5,6)7)47(75)60-34(44(72)57-24-41(71)62-42)20-32-31-15-14-29(65)18-33(31)61-48(32)82(79)9-2/h14-15,18,27-28,30,34-37,42-43,61,65-67H,8-13,16-17,19-26H2,1-7H3,(H2,53,68)(H,54,77)(H,55,78)(H,56,69)(H,57,72)(H,58,74)(H,59,70)(H,60,75)(H,62,71)(H,63,73)/t27-,28-,30?,34?,35-,36-,37-,42-,43-,82+/m0/s1. The van der Waals surface area contributed by atoms with Gasteiger partial charge in [-0.15, -0.1) is 0 Å². The van der Waals surface area contributed by atoms with Crippen LogP contribution in [-0.4, -0.2) is 195 Å². The normalized spacial score (nSPS) is 22.7. The van der Waals surface area contributed by atoms with Gasteiger partial charge in [0.2, 0.25) is 58.2 Å². The molecule has 1 aromatic heterocycles. The van der Waals surface area contributed by atoms with Gasteiger partial charge in [-0.3, -0.25) is 43.2 Å². The van der Waals surface area contributed by atoms with Crippen LogP contribution in [0.3, 0.4) is 0 Å². The van der Waals surface area contributed by atoms with Crippen molar-refractivity contribution in [1.82, 2.24) is 57.7 Å². The van der Waals surface area contributed by atoms with Crippen LogP contribution >= 0.6 is 0 Å². The second kappa shape index (κ2) is 31.7. The molecule has 10 atom stereocenters. The summed E-state index contributed by atoms with van der Waals surface area (Å²) in [6, 6.07) is -4.08. The number of nitrogens with two attached hydrogens (primary N) is 1. The molecule has 3 heterocycles. The molecule has 0 aliphatic carbocycles. The number of nitrogens with zero attached hydrogens (tertiary/aromatic N) is 1. The number of hydrogen-bond donors (Lipinski definition) is 14. The molecular weight excluding hydrogens is 1100 g/mol. The molecule has 456 valence electrons. The molecule has 2 unspecified atom stereocenters. The van der Waals surface area contributed by atoms with E-state index in [4.69, 9.17) is 15.2 Å². The number of aromatic hydroxyl groups is 1. The number of aromatic nitrogens is 1. The maximum Gasteiger partial charge on any atom is 0.407 e. The lowest BCUT2D eigenvalue weighted by atomic mass is 9.93. The molecule has 0 saturated carbocycles. The molecule has 29 nitrogen and oxygen atoms in total. The Bertz CT molecular complexity index is 2610. The first-order valence-electron chi connectivity index (χ1n) is 27.2. The molecule has 0 spiro atoms. The van der Waals surface area contributed by atoms with E-state index >= 15 is 0 Å². The molecule has 4 rings (SSSR count). The van der Waals surface area contributed by atoms with Crippen LogP contribution in [0.15, 0.2) is 23.2 Å². The van der Waals surface area contributed by atoms with Crippen LogP contribution in [0.25, 0.3) is 10.9 Å². The largest absolute Gasteiger partial charge is 0.610 e. The molecule has 82 heavy (non-hydrogen) atoms. The Morgan fingerprint density at radius 3 is 2.06 bits per heavy atom. The summed E-state index contributed by atoms with van der Waals surface area (Å²) in [5, 5.41) is 55.5. The summed E-state index contributed by atoms with van der Waals surface area (Å²) in [6.07, 6.45) is -3.46. The number of primary amides is 1. The predicted octanol–water partition coefficient (Wildman–Crippen LogP) is -2.46. The van der Waals surface area contributed by atoms with Gasteiger partial charge in [-0.05, 0) is 58.6 Å². The fourth-order valence-electron chi connectivity index (χ4n) is 8.89. The van der Waals surface area contributed by atoms with Gasteiger partial charge in [-0.25, -0.2) is 9.59 Å². The van der Waals surface area contributed by atoms with Gasteiger partial charge in [-0.1, -0.05) is 40.0 Å². The van der Waals surface area contributed by atoms with Gasteiger partial charge < -0.3 is 92.8 Å². The SMILES string of the molecule is CC[C@H](C)[C@@H]1NC(=O)CNC(=O)C(Cc2c([S@+]([O-])CC)[nH]c3cc(O)ccc23)NC(=O)[C@H]([C@@H](C)[C@@H](O)COC(=O)NCCCCCCNC(=O)OC(C)(C)C)NC(=O)[C@@H]2CC(O)CN2C(=O)[C@H](CC(N)=O)NC(=O)CNC(=O)CNC1=O. The van der Waals surface area contributed by atoms with Crippen LogP contribution in [-0.2, 0) is 70.2 Å². The Morgan fingerprint density at radius 2 is 1.43 bits per heavy atom. The van der Waals surface area contributed by atoms with Gasteiger partial charge in [-0.2, -0.15) is 0 Å². The van der Waals surface area contributed by atoms with Crippen molar-refractivity contribution in [2.75, 3.05) is 51.6 Å². The molecule has 2 saturated heterocycles. The summed E-state index contributed by atoms with van der Waals surface area (Å²) >= 11 is -1.74. The molecule has 30 heteroatoms. The first-order chi connectivity index (χ1) is 38.6. The van der Waals surface area contributed by atoms with E-state index < -0.39 is 188 Å². The maximum absolute atomic E-state index is 14.9. The molecule has 0 radical (unpaired) electrons. The van der Waals surface area contributed by atoms with E-state index in [2.05, 4.69) is 52.8 Å². The fraction of sp³-hybridized carbons (Fsp3) is 0.635. The van der Waals surface area contributed by atoms with Crippen molar-refractivity contribution in [3.05, 3.63) is 23.8 Å².